The highest BCUT2D eigenvalue weighted by atomic mass is 15.0. The number of para-hydroxylation sites is 1. The van der Waals surface area contributed by atoms with E-state index in [9.17, 15) is 0 Å². The first-order valence-electron chi connectivity index (χ1n) is 10.5. The fraction of sp³-hybridized carbons (Fsp3) is 0.138. The third kappa shape index (κ3) is 4.59. The topological polar surface area (TPSA) is 17.8 Å². The molecule has 0 saturated heterocycles. The van der Waals surface area contributed by atoms with Gasteiger partial charge in [-0.25, -0.2) is 4.98 Å². The summed E-state index contributed by atoms with van der Waals surface area (Å²) in [5.74, 6) is 0. The minimum Gasteiger partial charge on any atom is -0.313 e. The van der Waals surface area contributed by atoms with Crippen molar-refractivity contribution >= 4 is 28.1 Å². The minimum atomic E-state index is 0.866. The fourth-order valence-corrected chi connectivity index (χ4v) is 3.76. The molecule has 2 heteroatoms. The van der Waals surface area contributed by atoms with Crippen molar-refractivity contribution in [2.24, 2.45) is 0 Å². The van der Waals surface area contributed by atoms with Crippen LogP contribution in [-0.2, 0) is 0 Å². The number of fused-ring (bicyclic) bond motifs is 1. The summed E-state index contributed by atoms with van der Waals surface area (Å²) < 4.78 is 2.31. The van der Waals surface area contributed by atoms with E-state index in [1.54, 1.807) is 6.08 Å². The van der Waals surface area contributed by atoms with E-state index in [1.807, 2.05) is 38.2 Å². The van der Waals surface area contributed by atoms with Gasteiger partial charge < -0.3 is 4.57 Å². The maximum Gasteiger partial charge on any atom is 0.0724 e. The van der Waals surface area contributed by atoms with Crippen molar-refractivity contribution in [3.05, 3.63) is 115 Å². The molecule has 2 heterocycles. The normalized spacial score (nSPS) is 12.6. The average Bonchev–Trinajstić information content (AvgIpc) is 3.05. The van der Waals surface area contributed by atoms with Crippen LogP contribution in [0.2, 0.25) is 0 Å². The zero-order valence-corrected chi connectivity index (χ0v) is 18.9. The summed E-state index contributed by atoms with van der Waals surface area (Å²) in [6, 6.07) is 12.8. The molecular formula is C29H30N2. The summed E-state index contributed by atoms with van der Waals surface area (Å²) in [4.78, 5) is 4.87. The lowest BCUT2D eigenvalue weighted by atomic mass is 10.1. The highest BCUT2D eigenvalue weighted by Gasteiger charge is 2.15. The first-order valence-corrected chi connectivity index (χ1v) is 10.5. The Hall–Kier alpha value is -3.65. The first-order chi connectivity index (χ1) is 15.0. The Morgan fingerprint density at radius 1 is 1.03 bits per heavy atom. The number of rotatable bonds is 7. The second kappa shape index (κ2) is 9.90. The number of pyridine rings is 1. The van der Waals surface area contributed by atoms with Crippen LogP contribution < -0.4 is 0 Å². The lowest BCUT2D eigenvalue weighted by molar-refractivity contribution is 1.03. The second-order valence-corrected chi connectivity index (χ2v) is 7.44. The van der Waals surface area contributed by atoms with E-state index in [1.165, 1.54) is 22.2 Å². The van der Waals surface area contributed by atoms with Gasteiger partial charge in [0.05, 0.1) is 22.6 Å². The van der Waals surface area contributed by atoms with E-state index in [2.05, 4.69) is 86.2 Å². The second-order valence-electron chi connectivity index (χ2n) is 7.44. The molecule has 0 aliphatic heterocycles. The average molecular weight is 407 g/mol. The fourth-order valence-electron chi connectivity index (χ4n) is 3.76. The lowest BCUT2D eigenvalue weighted by Gasteiger charge is -2.14. The summed E-state index contributed by atoms with van der Waals surface area (Å²) >= 11 is 0. The van der Waals surface area contributed by atoms with Crippen LogP contribution in [0.4, 0.5) is 0 Å². The Balaban J connectivity index is 2.34. The molecule has 31 heavy (non-hydrogen) atoms. The lowest BCUT2D eigenvalue weighted by Crippen LogP contribution is -2.02. The molecule has 0 fully saturated rings. The predicted octanol–water partition coefficient (Wildman–Crippen LogP) is 8.10. The molecule has 2 aromatic heterocycles. The molecule has 0 atom stereocenters. The summed E-state index contributed by atoms with van der Waals surface area (Å²) in [7, 11) is 0. The number of hydrogen-bond donors (Lipinski definition) is 0. The SMILES string of the molecule is C=C/C=C(\C)c1cc(-n2c(C)c(/C=C\C=C/C)c3ccccc32)cc(C(=C)/C=C\C)n1. The van der Waals surface area contributed by atoms with Crippen LogP contribution in [0.3, 0.4) is 0 Å². The molecule has 2 nitrogen and oxygen atoms in total. The van der Waals surface area contributed by atoms with Gasteiger partial charge in [-0.3, -0.25) is 0 Å². The Morgan fingerprint density at radius 2 is 1.77 bits per heavy atom. The van der Waals surface area contributed by atoms with Crippen molar-refractivity contribution in [3.63, 3.8) is 0 Å². The van der Waals surface area contributed by atoms with Crippen LogP contribution in [-0.4, -0.2) is 9.55 Å². The van der Waals surface area contributed by atoms with E-state index < -0.39 is 0 Å². The predicted molar refractivity (Wildman–Crippen MR) is 137 cm³/mol. The summed E-state index contributed by atoms with van der Waals surface area (Å²) in [5.41, 5.74) is 8.39. The van der Waals surface area contributed by atoms with E-state index in [0.717, 1.165) is 28.2 Å². The molecule has 3 aromatic rings. The number of benzene rings is 1. The van der Waals surface area contributed by atoms with E-state index in [4.69, 9.17) is 4.98 Å². The third-order valence-electron chi connectivity index (χ3n) is 5.26. The third-order valence-corrected chi connectivity index (χ3v) is 5.26. The highest BCUT2D eigenvalue weighted by molar-refractivity contribution is 5.93. The molecule has 3 rings (SSSR count). The first kappa shape index (κ1) is 22.0. The Kier molecular flexibility index (Phi) is 7.04. The highest BCUT2D eigenvalue weighted by Crippen LogP contribution is 2.32. The van der Waals surface area contributed by atoms with Crippen molar-refractivity contribution in [2.45, 2.75) is 27.7 Å². The van der Waals surface area contributed by atoms with Gasteiger partial charge in [0.2, 0.25) is 0 Å². The van der Waals surface area contributed by atoms with Gasteiger partial charge in [-0.2, -0.15) is 0 Å². The van der Waals surface area contributed by atoms with Gasteiger partial charge in [0.25, 0.3) is 0 Å². The standard InChI is InChI=1S/C29H30N2/c1-7-10-11-16-25-23(6)31(29-18-13-12-17-26(25)29)24-19-27(21(4)14-8-2)30-28(20-24)22(5)15-9-3/h7-20H,2,5H2,1,3-4,6H3/b10-7-,15-9-,16-11-,21-14+. The monoisotopic (exact) mass is 406 g/mol. The smallest absolute Gasteiger partial charge is 0.0724 e. The maximum absolute atomic E-state index is 4.87. The van der Waals surface area contributed by atoms with Gasteiger partial charge in [0.1, 0.15) is 0 Å². The number of allylic oxidation sites excluding steroid dienone is 9. The Morgan fingerprint density at radius 3 is 2.48 bits per heavy atom. The van der Waals surface area contributed by atoms with E-state index in [0.29, 0.717) is 0 Å². The summed E-state index contributed by atoms with van der Waals surface area (Å²) in [6.07, 6.45) is 16.1. The zero-order chi connectivity index (χ0) is 22.4. The zero-order valence-electron chi connectivity index (χ0n) is 18.9. The maximum atomic E-state index is 4.87. The van der Waals surface area contributed by atoms with Crippen LogP contribution >= 0.6 is 0 Å². The summed E-state index contributed by atoms with van der Waals surface area (Å²) in [5, 5.41) is 1.23. The number of nitrogens with zero attached hydrogens (tertiary/aromatic N) is 2. The van der Waals surface area contributed by atoms with Crippen molar-refractivity contribution in [1.82, 2.24) is 9.55 Å². The van der Waals surface area contributed by atoms with Crippen molar-refractivity contribution in [2.75, 3.05) is 0 Å². The van der Waals surface area contributed by atoms with Gasteiger partial charge in [-0.05, 0) is 57.0 Å². The molecule has 0 aliphatic carbocycles. The van der Waals surface area contributed by atoms with Crippen molar-refractivity contribution in [1.29, 1.82) is 0 Å². The minimum absolute atomic E-state index is 0.866. The molecule has 0 N–H and O–H groups in total. The molecule has 156 valence electrons. The molecule has 0 aliphatic rings. The van der Waals surface area contributed by atoms with Crippen LogP contribution in [0.25, 0.3) is 33.8 Å². The van der Waals surface area contributed by atoms with Gasteiger partial charge in [-0.1, -0.05) is 80.0 Å². The molecule has 0 saturated carbocycles. The number of hydrogen-bond acceptors (Lipinski definition) is 1. The van der Waals surface area contributed by atoms with Crippen molar-refractivity contribution < 1.29 is 0 Å². The molecule has 0 radical (unpaired) electrons. The van der Waals surface area contributed by atoms with Crippen LogP contribution in [0.5, 0.6) is 0 Å². The van der Waals surface area contributed by atoms with Gasteiger partial charge in [0, 0.05) is 16.6 Å². The molecule has 1 aromatic carbocycles. The van der Waals surface area contributed by atoms with Crippen LogP contribution in [0, 0.1) is 6.92 Å². The van der Waals surface area contributed by atoms with E-state index in [-0.39, 0.29) is 0 Å². The Bertz CT molecular complexity index is 1240. The largest absolute Gasteiger partial charge is 0.313 e. The quantitative estimate of drug-likeness (QED) is 0.362. The van der Waals surface area contributed by atoms with Gasteiger partial charge >= 0.3 is 0 Å². The van der Waals surface area contributed by atoms with Gasteiger partial charge in [0.15, 0.2) is 0 Å². The van der Waals surface area contributed by atoms with Gasteiger partial charge in [-0.15, -0.1) is 0 Å². The summed E-state index contributed by atoms with van der Waals surface area (Å²) in [6.45, 7) is 16.3. The Labute approximate surface area is 186 Å². The van der Waals surface area contributed by atoms with E-state index >= 15 is 0 Å². The van der Waals surface area contributed by atoms with Crippen molar-refractivity contribution in [3.8, 4) is 5.69 Å². The molecule has 0 amide bonds. The molecule has 0 spiro atoms. The molecule has 0 bridgehead atoms. The number of aromatic nitrogens is 2. The molecular weight excluding hydrogens is 376 g/mol. The van der Waals surface area contributed by atoms with Crippen LogP contribution in [0.15, 0.2) is 92.1 Å². The van der Waals surface area contributed by atoms with Crippen LogP contribution in [0.1, 0.15) is 43.4 Å². The molecule has 0 unspecified atom stereocenters.